The fourth-order valence-corrected chi connectivity index (χ4v) is 3.04. The maximum atomic E-state index is 9.71. The van der Waals surface area contributed by atoms with Gasteiger partial charge in [0.05, 0.1) is 16.1 Å². The summed E-state index contributed by atoms with van der Waals surface area (Å²) in [5, 5.41) is 10.7. The van der Waals surface area contributed by atoms with Crippen molar-refractivity contribution in [2.45, 2.75) is 17.4 Å². The number of hydrogen-bond donors (Lipinski definition) is 1. The van der Waals surface area contributed by atoms with Crippen molar-refractivity contribution in [2.75, 3.05) is 5.75 Å². The summed E-state index contributed by atoms with van der Waals surface area (Å²) in [6.07, 6.45) is 0.292. The Morgan fingerprint density at radius 2 is 2.15 bits per heavy atom. The van der Waals surface area contributed by atoms with Crippen molar-refractivity contribution in [3.05, 3.63) is 27.7 Å². The van der Waals surface area contributed by atoms with Crippen molar-refractivity contribution in [1.29, 1.82) is 0 Å². The number of benzene rings is 1. The molecule has 1 atom stereocenters. The van der Waals surface area contributed by atoms with Gasteiger partial charge in [-0.25, -0.2) is 0 Å². The Labute approximate surface area is 91.0 Å². The molecule has 0 spiro atoms. The van der Waals surface area contributed by atoms with E-state index in [0.717, 1.165) is 22.6 Å². The van der Waals surface area contributed by atoms with E-state index in [2.05, 4.69) is 0 Å². The van der Waals surface area contributed by atoms with Crippen LogP contribution in [0.15, 0.2) is 17.0 Å². The molecule has 70 valence electrons. The average molecular weight is 235 g/mol. The Bertz CT molecular complexity index is 341. The first kappa shape index (κ1) is 9.66. The zero-order chi connectivity index (χ0) is 9.42. The Morgan fingerprint density at radius 3 is 2.92 bits per heavy atom. The van der Waals surface area contributed by atoms with Gasteiger partial charge in [-0.1, -0.05) is 23.2 Å². The van der Waals surface area contributed by atoms with Crippen molar-refractivity contribution >= 4 is 35.0 Å². The first-order valence-corrected chi connectivity index (χ1v) is 5.73. The fourth-order valence-electron chi connectivity index (χ4n) is 1.41. The van der Waals surface area contributed by atoms with Gasteiger partial charge in [-0.15, -0.1) is 11.8 Å². The van der Waals surface area contributed by atoms with E-state index in [-0.39, 0.29) is 0 Å². The molecule has 1 aliphatic heterocycles. The summed E-state index contributed by atoms with van der Waals surface area (Å²) in [6.45, 7) is 0. The first-order chi connectivity index (χ1) is 6.20. The van der Waals surface area contributed by atoms with E-state index in [4.69, 9.17) is 23.2 Å². The second-order valence-electron chi connectivity index (χ2n) is 2.93. The summed E-state index contributed by atoms with van der Waals surface area (Å²) in [5.74, 6) is 0.937. The van der Waals surface area contributed by atoms with E-state index < -0.39 is 6.10 Å². The molecule has 0 amide bonds. The third-order valence-electron chi connectivity index (χ3n) is 2.07. The molecule has 0 saturated carbocycles. The van der Waals surface area contributed by atoms with Crippen LogP contribution in [0.1, 0.15) is 18.1 Å². The van der Waals surface area contributed by atoms with Crippen LogP contribution in [0.5, 0.6) is 0 Å². The monoisotopic (exact) mass is 234 g/mol. The van der Waals surface area contributed by atoms with Gasteiger partial charge in [0, 0.05) is 16.2 Å². The number of rotatable bonds is 0. The molecular formula is C9H8Cl2OS. The number of aliphatic hydroxyl groups excluding tert-OH is 1. The van der Waals surface area contributed by atoms with E-state index in [0.29, 0.717) is 10.0 Å². The van der Waals surface area contributed by atoms with Crippen LogP contribution in [0.3, 0.4) is 0 Å². The maximum Gasteiger partial charge on any atom is 0.0824 e. The summed E-state index contributed by atoms with van der Waals surface area (Å²) in [6, 6.07) is 3.68. The highest BCUT2D eigenvalue weighted by Gasteiger charge is 2.22. The SMILES string of the molecule is OC1CCSc2ccc(Cl)c(Cl)c21. The van der Waals surface area contributed by atoms with E-state index >= 15 is 0 Å². The predicted octanol–water partition coefficient (Wildman–Crippen LogP) is 3.52. The minimum absolute atomic E-state index is 0.456. The van der Waals surface area contributed by atoms with Gasteiger partial charge < -0.3 is 5.11 Å². The Balaban J connectivity index is 2.58. The smallest absolute Gasteiger partial charge is 0.0824 e. The lowest BCUT2D eigenvalue weighted by Crippen LogP contribution is -2.07. The lowest BCUT2D eigenvalue weighted by atomic mass is 10.1. The van der Waals surface area contributed by atoms with Crippen molar-refractivity contribution in [3.8, 4) is 0 Å². The van der Waals surface area contributed by atoms with E-state index in [1.54, 1.807) is 17.8 Å². The molecule has 13 heavy (non-hydrogen) atoms. The van der Waals surface area contributed by atoms with Crippen LogP contribution in [0.25, 0.3) is 0 Å². The summed E-state index contributed by atoms with van der Waals surface area (Å²) in [7, 11) is 0. The van der Waals surface area contributed by atoms with Gasteiger partial charge in [0.25, 0.3) is 0 Å². The molecule has 1 nitrogen and oxygen atoms in total. The molecule has 0 saturated heterocycles. The molecule has 1 aromatic carbocycles. The van der Waals surface area contributed by atoms with Crippen molar-refractivity contribution in [3.63, 3.8) is 0 Å². The minimum Gasteiger partial charge on any atom is -0.388 e. The van der Waals surface area contributed by atoms with Crippen LogP contribution in [-0.4, -0.2) is 10.9 Å². The lowest BCUT2D eigenvalue weighted by molar-refractivity contribution is 0.170. The van der Waals surface area contributed by atoms with Crippen LogP contribution in [0.2, 0.25) is 10.0 Å². The van der Waals surface area contributed by atoms with Crippen molar-refractivity contribution in [2.24, 2.45) is 0 Å². The number of thioether (sulfide) groups is 1. The number of halogens is 2. The van der Waals surface area contributed by atoms with Gasteiger partial charge in [-0.2, -0.15) is 0 Å². The van der Waals surface area contributed by atoms with E-state index in [9.17, 15) is 5.11 Å². The summed E-state index contributed by atoms with van der Waals surface area (Å²) in [4.78, 5) is 1.05. The zero-order valence-corrected chi connectivity index (χ0v) is 9.09. The highest BCUT2D eigenvalue weighted by molar-refractivity contribution is 7.99. The molecular weight excluding hydrogens is 227 g/mol. The third kappa shape index (κ3) is 1.68. The van der Waals surface area contributed by atoms with Gasteiger partial charge >= 0.3 is 0 Å². The van der Waals surface area contributed by atoms with Gasteiger partial charge in [0.2, 0.25) is 0 Å². The van der Waals surface area contributed by atoms with Crippen LogP contribution in [0, 0.1) is 0 Å². The summed E-state index contributed by atoms with van der Waals surface area (Å²) in [5.41, 5.74) is 0.797. The Hall–Kier alpha value is 0.110. The van der Waals surface area contributed by atoms with Crippen LogP contribution < -0.4 is 0 Å². The highest BCUT2D eigenvalue weighted by Crippen LogP contribution is 2.42. The molecule has 1 aromatic rings. The topological polar surface area (TPSA) is 20.2 Å². The molecule has 2 rings (SSSR count). The third-order valence-corrected chi connectivity index (χ3v) is 4.00. The zero-order valence-electron chi connectivity index (χ0n) is 6.76. The molecule has 1 heterocycles. The first-order valence-electron chi connectivity index (χ1n) is 3.99. The van der Waals surface area contributed by atoms with Gasteiger partial charge in [0.15, 0.2) is 0 Å². The van der Waals surface area contributed by atoms with Crippen molar-refractivity contribution in [1.82, 2.24) is 0 Å². The van der Waals surface area contributed by atoms with Gasteiger partial charge in [-0.3, -0.25) is 0 Å². The van der Waals surface area contributed by atoms with E-state index in [1.807, 2.05) is 6.07 Å². The lowest BCUT2D eigenvalue weighted by Gasteiger charge is -2.22. The molecule has 4 heteroatoms. The average Bonchev–Trinajstić information content (AvgIpc) is 2.12. The number of aliphatic hydroxyl groups is 1. The van der Waals surface area contributed by atoms with Gasteiger partial charge in [0.1, 0.15) is 0 Å². The van der Waals surface area contributed by atoms with Gasteiger partial charge in [-0.05, 0) is 18.6 Å². The van der Waals surface area contributed by atoms with Crippen LogP contribution >= 0.6 is 35.0 Å². The van der Waals surface area contributed by atoms with Crippen LogP contribution in [-0.2, 0) is 0 Å². The second kappa shape index (κ2) is 3.70. The normalized spacial score (nSPS) is 21.3. The fraction of sp³-hybridized carbons (Fsp3) is 0.333. The molecule has 0 radical (unpaired) electrons. The molecule has 0 aliphatic carbocycles. The predicted molar refractivity (Wildman–Crippen MR) is 56.8 cm³/mol. The number of hydrogen-bond acceptors (Lipinski definition) is 2. The van der Waals surface area contributed by atoms with Crippen LogP contribution in [0.4, 0.5) is 0 Å². The maximum absolute atomic E-state index is 9.71. The molecule has 0 fully saturated rings. The highest BCUT2D eigenvalue weighted by atomic mass is 35.5. The molecule has 1 N–H and O–H groups in total. The standard InChI is InChI=1S/C9H8Cl2OS/c10-5-1-2-7-8(9(5)11)6(12)3-4-13-7/h1-2,6,12H,3-4H2. The minimum atomic E-state index is -0.456. The quantitative estimate of drug-likeness (QED) is 0.742. The molecule has 0 bridgehead atoms. The molecule has 0 aromatic heterocycles. The van der Waals surface area contributed by atoms with Crippen molar-refractivity contribution < 1.29 is 5.11 Å². The summed E-state index contributed by atoms with van der Waals surface area (Å²) < 4.78 is 0. The molecule has 1 unspecified atom stereocenters. The largest absolute Gasteiger partial charge is 0.388 e. The summed E-state index contributed by atoms with van der Waals surface area (Å²) >= 11 is 13.6. The number of fused-ring (bicyclic) bond motifs is 1. The Morgan fingerprint density at radius 1 is 1.38 bits per heavy atom. The van der Waals surface area contributed by atoms with E-state index in [1.165, 1.54) is 0 Å². The second-order valence-corrected chi connectivity index (χ2v) is 4.85. The molecule has 1 aliphatic rings. The Kier molecular flexibility index (Phi) is 2.75.